The summed E-state index contributed by atoms with van der Waals surface area (Å²) in [4.78, 5) is 14.9. The third-order valence-electron chi connectivity index (χ3n) is 3.41. The van der Waals surface area contributed by atoms with Gasteiger partial charge in [0.25, 0.3) is 5.91 Å². The lowest BCUT2D eigenvalue weighted by atomic mass is 10.2. The number of hydrogen-bond acceptors (Lipinski definition) is 3. The first kappa shape index (κ1) is 14.8. The predicted octanol–water partition coefficient (Wildman–Crippen LogP) is 3.01. The Balaban J connectivity index is 1.53. The number of nitrogens with one attached hydrogen (secondary N) is 2. The molecule has 5 heteroatoms. The largest absolute Gasteiger partial charge is 0.484 e. The molecule has 0 saturated carbocycles. The van der Waals surface area contributed by atoms with Crippen molar-refractivity contribution in [3.63, 3.8) is 0 Å². The Morgan fingerprint density at radius 2 is 2.00 bits per heavy atom. The third kappa shape index (κ3) is 3.77. The molecule has 2 N–H and O–H groups in total. The summed E-state index contributed by atoms with van der Waals surface area (Å²) in [5.74, 6) is 0.355. The Morgan fingerprint density at radius 3 is 2.83 bits per heavy atom. The molecule has 0 aliphatic carbocycles. The van der Waals surface area contributed by atoms with Crippen LogP contribution in [0, 0.1) is 6.92 Å². The second-order valence-corrected chi connectivity index (χ2v) is 5.18. The van der Waals surface area contributed by atoms with E-state index in [1.807, 2.05) is 61.7 Å². The average molecular weight is 307 g/mol. The van der Waals surface area contributed by atoms with Crippen molar-refractivity contribution in [1.29, 1.82) is 0 Å². The monoisotopic (exact) mass is 307 g/mol. The lowest BCUT2D eigenvalue weighted by Gasteiger charge is -2.04. The number of carbonyl (C=O) groups is 1. The Morgan fingerprint density at radius 1 is 1.22 bits per heavy atom. The second kappa shape index (κ2) is 6.79. The van der Waals surface area contributed by atoms with Gasteiger partial charge in [-0.1, -0.05) is 35.9 Å². The molecule has 0 fully saturated rings. The molecule has 3 rings (SSSR count). The van der Waals surface area contributed by atoms with Gasteiger partial charge in [-0.2, -0.15) is 5.10 Å². The van der Waals surface area contributed by atoms with Crippen LogP contribution < -0.4 is 10.2 Å². The summed E-state index contributed by atoms with van der Waals surface area (Å²) in [6.45, 7) is 1.92. The number of H-pyrrole nitrogens is 1. The highest BCUT2D eigenvalue weighted by atomic mass is 16.5. The van der Waals surface area contributed by atoms with Gasteiger partial charge in [0, 0.05) is 22.7 Å². The molecule has 0 saturated heterocycles. The zero-order valence-corrected chi connectivity index (χ0v) is 12.7. The van der Waals surface area contributed by atoms with E-state index in [1.54, 1.807) is 6.21 Å². The maximum atomic E-state index is 11.7. The number of nitrogens with zero attached hydrogens (tertiary/aromatic N) is 1. The van der Waals surface area contributed by atoms with E-state index in [9.17, 15) is 4.79 Å². The van der Waals surface area contributed by atoms with Crippen molar-refractivity contribution in [3.05, 3.63) is 65.9 Å². The molecule has 5 nitrogen and oxygen atoms in total. The van der Waals surface area contributed by atoms with Crippen LogP contribution in [0.2, 0.25) is 0 Å². The summed E-state index contributed by atoms with van der Waals surface area (Å²) in [5, 5.41) is 5.02. The Labute approximate surface area is 134 Å². The minimum atomic E-state index is -0.304. The fourth-order valence-electron chi connectivity index (χ4n) is 2.19. The lowest BCUT2D eigenvalue weighted by molar-refractivity contribution is -0.123. The van der Waals surface area contributed by atoms with Crippen LogP contribution in [0.5, 0.6) is 5.75 Å². The number of carbonyl (C=O) groups excluding carboxylic acids is 1. The van der Waals surface area contributed by atoms with Gasteiger partial charge in [0.1, 0.15) is 5.75 Å². The first-order valence-corrected chi connectivity index (χ1v) is 7.30. The number of ether oxygens (including phenoxy) is 1. The van der Waals surface area contributed by atoms with Crippen LogP contribution in [0.25, 0.3) is 10.9 Å². The molecule has 0 bridgehead atoms. The van der Waals surface area contributed by atoms with Crippen LogP contribution in [-0.2, 0) is 4.79 Å². The molecule has 0 radical (unpaired) electrons. The van der Waals surface area contributed by atoms with Crippen LogP contribution in [0.4, 0.5) is 0 Å². The SMILES string of the molecule is Cc1ccc(OCC(=O)N/N=C\c2c[nH]c3ccccc23)cc1. The number of aromatic nitrogens is 1. The normalized spacial score (nSPS) is 11.0. The van der Waals surface area contributed by atoms with E-state index >= 15 is 0 Å². The van der Waals surface area contributed by atoms with Gasteiger partial charge >= 0.3 is 0 Å². The second-order valence-electron chi connectivity index (χ2n) is 5.18. The van der Waals surface area contributed by atoms with Crippen molar-refractivity contribution in [2.75, 3.05) is 6.61 Å². The molecule has 0 aliphatic rings. The summed E-state index contributed by atoms with van der Waals surface area (Å²) >= 11 is 0. The number of hydrazone groups is 1. The van der Waals surface area contributed by atoms with E-state index in [0.717, 1.165) is 22.0 Å². The maximum Gasteiger partial charge on any atom is 0.277 e. The Hall–Kier alpha value is -3.08. The Kier molecular flexibility index (Phi) is 4.38. The van der Waals surface area contributed by atoms with E-state index in [4.69, 9.17) is 4.74 Å². The van der Waals surface area contributed by atoms with Gasteiger partial charge in [-0.25, -0.2) is 5.43 Å². The number of aromatic amines is 1. The maximum absolute atomic E-state index is 11.7. The standard InChI is InChI=1S/C18H17N3O2/c1-13-6-8-15(9-7-13)23-12-18(22)21-20-11-14-10-19-17-5-3-2-4-16(14)17/h2-11,19H,12H2,1H3,(H,21,22)/b20-11-. The smallest absolute Gasteiger partial charge is 0.277 e. The zero-order chi connectivity index (χ0) is 16.1. The molecule has 0 atom stereocenters. The van der Waals surface area contributed by atoms with Gasteiger partial charge in [-0.3, -0.25) is 4.79 Å². The van der Waals surface area contributed by atoms with Gasteiger partial charge < -0.3 is 9.72 Å². The molecular formula is C18H17N3O2. The summed E-state index contributed by atoms with van der Waals surface area (Å²) < 4.78 is 5.39. The van der Waals surface area contributed by atoms with E-state index < -0.39 is 0 Å². The molecule has 116 valence electrons. The third-order valence-corrected chi connectivity index (χ3v) is 3.41. The van der Waals surface area contributed by atoms with Crippen LogP contribution in [0.1, 0.15) is 11.1 Å². The molecule has 0 aliphatic heterocycles. The van der Waals surface area contributed by atoms with Crippen molar-refractivity contribution in [1.82, 2.24) is 10.4 Å². The quantitative estimate of drug-likeness (QED) is 0.562. The molecule has 1 aromatic heterocycles. The highest BCUT2D eigenvalue weighted by Gasteiger charge is 2.02. The van der Waals surface area contributed by atoms with Crippen LogP contribution in [0.3, 0.4) is 0 Å². The predicted molar refractivity (Wildman–Crippen MR) is 90.7 cm³/mol. The van der Waals surface area contributed by atoms with E-state index in [1.165, 1.54) is 0 Å². The van der Waals surface area contributed by atoms with Gasteiger partial charge in [0.2, 0.25) is 0 Å². The first-order valence-electron chi connectivity index (χ1n) is 7.30. The van der Waals surface area contributed by atoms with E-state index in [-0.39, 0.29) is 12.5 Å². The first-order chi connectivity index (χ1) is 11.2. The van der Waals surface area contributed by atoms with Crippen LogP contribution >= 0.6 is 0 Å². The zero-order valence-electron chi connectivity index (χ0n) is 12.7. The molecular weight excluding hydrogens is 290 g/mol. The summed E-state index contributed by atoms with van der Waals surface area (Å²) in [6, 6.07) is 15.4. The van der Waals surface area contributed by atoms with Crippen molar-refractivity contribution < 1.29 is 9.53 Å². The average Bonchev–Trinajstić information content (AvgIpc) is 2.98. The van der Waals surface area contributed by atoms with Crippen molar-refractivity contribution in [2.45, 2.75) is 6.92 Å². The minimum Gasteiger partial charge on any atom is -0.484 e. The molecule has 2 aromatic carbocycles. The van der Waals surface area contributed by atoms with Gasteiger partial charge in [-0.05, 0) is 25.1 Å². The topological polar surface area (TPSA) is 66.5 Å². The number of rotatable bonds is 5. The summed E-state index contributed by atoms with van der Waals surface area (Å²) in [6.07, 6.45) is 3.46. The Bertz CT molecular complexity index is 835. The van der Waals surface area contributed by atoms with Crippen molar-refractivity contribution in [2.24, 2.45) is 5.10 Å². The lowest BCUT2D eigenvalue weighted by Crippen LogP contribution is -2.24. The molecule has 23 heavy (non-hydrogen) atoms. The highest BCUT2D eigenvalue weighted by molar-refractivity contribution is 5.99. The number of benzene rings is 2. The molecule has 1 amide bonds. The fraction of sp³-hybridized carbons (Fsp3) is 0.111. The fourth-order valence-corrected chi connectivity index (χ4v) is 2.19. The molecule has 1 heterocycles. The van der Waals surface area contributed by atoms with Crippen LogP contribution in [0.15, 0.2) is 59.8 Å². The van der Waals surface area contributed by atoms with Crippen molar-refractivity contribution in [3.8, 4) is 5.75 Å². The summed E-state index contributed by atoms with van der Waals surface area (Å²) in [5.41, 5.74) is 5.55. The van der Waals surface area contributed by atoms with E-state index in [2.05, 4.69) is 15.5 Å². The number of aryl methyl sites for hydroxylation is 1. The van der Waals surface area contributed by atoms with Crippen molar-refractivity contribution >= 4 is 23.0 Å². The number of amides is 1. The molecule has 0 spiro atoms. The molecule has 0 unspecified atom stereocenters. The van der Waals surface area contributed by atoms with E-state index in [0.29, 0.717) is 5.75 Å². The van der Waals surface area contributed by atoms with Gasteiger partial charge in [0.15, 0.2) is 6.61 Å². The van der Waals surface area contributed by atoms with Gasteiger partial charge in [0.05, 0.1) is 6.21 Å². The highest BCUT2D eigenvalue weighted by Crippen LogP contribution is 2.15. The summed E-state index contributed by atoms with van der Waals surface area (Å²) in [7, 11) is 0. The number of hydrogen-bond donors (Lipinski definition) is 2. The number of para-hydroxylation sites is 1. The minimum absolute atomic E-state index is 0.0751. The van der Waals surface area contributed by atoms with Crippen LogP contribution in [-0.4, -0.2) is 23.7 Å². The molecule has 3 aromatic rings. The van der Waals surface area contributed by atoms with Gasteiger partial charge in [-0.15, -0.1) is 0 Å². The number of fused-ring (bicyclic) bond motifs is 1.